The van der Waals surface area contributed by atoms with Crippen molar-refractivity contribution in [2.24, 2.45) is 0 Å². The molecule has 0 fully saturated rings. The number of carbonyl (C=O) groups excluding carboxylic acids is 1. The number of nitrogens with zero attached hydrogens (tertiary/aromatic N) is 2. The molecule has 0 aliphatic carbocycles. The number of aromatic nitrogens is 2. The topological polar surface area (TPSA) is 100 Å². The molecule has 0 bridgehead atoms. The summed E-state index contributed by atoms with van der Waals surface area (Å²) in [6.45, 7) is 1.74. The second-order valence-corrected chi connectivity index (χ2v) is 7.92. The molecule has 7 nitrogen and oxygen atoms in total. The van der Waals surface area contributed by atoms with Gasteiger partial charge in [0, 0.05) is 5.69 Å². The largest absolute Gasteiger partial charge is 0.493 e. The quantitative estimate of drug-likeness (QED) is 0.340. The summed E-state index contributed by atoms with van der Waals surface area (Å²) >= 11 is 6.44. The van der Waals surface area contributed by atoms with E-state index in [-0.39, 0.29) is 23.3 Å². The van der Waals surface area contributed by atoms with Crippen LogP contribution < -0.4 is 14.8 Å². The molecule has 1 heterocycles. The number of rotatable bonds is 7. The maximum atomic E-state index is 12.2. The Morgan fingerprint density at radius 1 is 1.21 bits per heavy atom. The van der Waals surface area contributed by atoms with Crippen molar-refractivity contribution in [2.45, 2.75) is 6.92 Å². The molecule has 0 aliphatic rings. The van der Waals surface area contributed by atoms with Crippen LogP contribution >= 0.6 is 11.6 Å². The number of anilines is 1. The summed E-state index contributed by atoms with van der Waals surface area (Å²) in [5.74, 6) is 0.697. The second-order valence-electron chi connectivity index (χ2n) is 7.51. The molecule has 8 heteroatoms. The molecule has 0 saturated heterocycles. The first-order valence-electron chi connectivity index (χ1n) is 10.4. The molecule has 4 aromatic rings. The number of fused-ring (bicyclic) bond motifs is 1. The number of aromatic amines is 1. The number of methoxy groups -OCH3 is 1. The SMILES string of the molecule is COc1cc(C=C(C#N)c2nc3ccc(C)cc3[nH]2)cc(Cl)c1OCC(=O)Nc1ccccc1. The van der Waals surface area contributed by atoms with Crippen molar-refractivity contribution < 1.29 is 14.3 Å². The Hall–Kier alpha value is -4.28. The molecule has 1 amide bonds. The van der Waals surface area contributed by atoms with E-state index in [1.54, 1.807) is 30.3 Å². The maximum Gasteiger partial charge on any atom is 0.262 e. The minimum absolute atomic E-state index is 0.238. The van der Waals surface area contributed by atoms with Crippen molar-refractivity contribution in [1.82, 2.24) is 9.97 Å². The predicted molar refractivity (Wildman–Crippen MR) is 133 cm³/mol. The number of hydrogen-bond acceptors (Lipinski definition) is 5. The zero-order valence-corrected chi connectivity index (χ0v) is 19.3. The van der Waals surface area contributed by atoms with E-state index in [0.29, 0.717) is 28.4 Å². The molecule has 0 radical (unpaired) electrons. The van der Waals surface area contributed by atoms with E-state index in [1.807, 2.05) is 43.3 Å². The van der Waals surface area contributed by atoms with Crippen LogP contribution in [0.1, 0.15) is 17.0 Å². The number of nitriles is 1. The van der Waals surface area contributed by atoms with Crippen molar-refractivity contribution in [2.75, 3.05) is 19.0 Å². The number of para-hydroxylation sites is 1. The second kappa shape index (κ2) is 10.1. The van der Waals surface area contributed by atoms with Crippen LogP contribution in [0.4, 0.5) is 5.69 Å². The summed E-state index contributed by atoms with van der Waals surface area (Å²) in [5.41, 5.74) is 4.34. The lowest BCUT2D eigenvalue weighted by Gasteiger charge is -2.13. The first-order chi connectivity index (χ1) is 16.5. The number of nitrogens with one attached hydrogen (secondary N) is 2. The zero-order valence-electron chi connectivity index (χ0n) is 18.6. The minimum Gasteiger partial charge on any atom is -0.493 e. The molecule has 3 aromatic carbocycles. The fourth-order valence-electron chi connectivity index (χ4n) is 3.39. The van der Waals surface area contributed by atoms with E-state index in [2.05, 4.69) is 21.4 Å². The van der Waals surface area contributed by atoms with Gasteiger partial charge in [-0.1, -0.05) is 35.9 Å². The minimum atomic E-state index is -0.333. The highest BCUT2D eigenvalue weighted by atomic mass is 35.5. The summed E-state index contributed by atoms with van der Waals surface area (Å²) < 4.78 is 11.1. The van der Waals surface area contributed by atoms with Gasteiger partial charge in [-0.25, -0.2) is 4.98 Å². The zero-order chi connectivity index (χ0) is 24.1. The molecular formula is C26H21ClN4O3. The lowest BCUT2D eigenvalue weighted by molar-refractivity contribution is -0.118. The third-order valence-corrected chi connectivity index (χ3v) is 5.26. The Morgan fingerprint density at radius 3 is 2.74 bits per heavy atom. The smallest absolute Gasteiger partial charge is 0.262 e. The van der Waals surface area contributed by atoms with Crippen LogP contribution in [0.2, 0.25) is 5.02 Å². The molecule has 34 heavy (non-hydrogen) atoms. The van der Waals surface area contributed by atoms with Crippen LogP contribution in [0.25, 0.3) is 22.7 Å². The number of allylic oxidation sites excluding steroid dienone is 1. The van der Waals surface area contributed by atoms with Crippen molar-refractivity contribution in [3.63, 3.8) is 0 Å². The number of carbonyl (C=O) groups is 1. The van der Waals surface area contributed by atoms with Gasteiger partial charge in [0.05, 0.1) is 28.7 Å². The third kappa shape index (κ3) is 5.20. The number of H-pyrrole nitrogens is 1. The lowest BCUT2D eigenvalue weighted by Crippen LogP contribution is -2.20. The average Bonchev–Trinajstić information content (AvgIpc) is 3.25. The van der Waals surface area contributed by atoms with Crippen molar-refractivity contribution >= 4 is 45.9 Å². The van der Waals surface area contributed by atoms with Crippen LogP contribution in [0.3, 0.4) is 0 Å². The first kappa shape index (κ1) is 22.9. The van der Waals surface area contributed by atoms with Gasteiger partial charge in [0.25, 0.3) is 5.91 Å². The molecule has 170 valence electrons. The van der Waals surface area contributed by atoms with Gasteiger partial charge in [-0.3, -0.25) is 4.79 Å². The fourth-order valence-corrected chi connectivity index (χ4v) is 3.66. The number of imidazole rings is 1. The fraction of sp³-hybridized carbons (Fsp3) is 0.115. The highest BCUT2D eigenvalue weighted by Crippen LogP contribution is 2.37. The number of halogens is 1. The summed E-state index contributed by atoms with van der Waals surface area (Å²) in [4.78, 5) is 19.9. The normalized spacial score (nSPS) is 11.2. The molecule has 0 spiro atoms. The van der Waals surface area contributed by atoms with Gasteiger partial charge in [-0.2, -0.15) is 5.26 Å². The molecule has 2 N–H and O–H groups in total. The van der Waals surface area contributed by atoms with E-state index < -0.39 is 0 Å². The molecule has 0 unspecified atom stereocenters. The Bertz CT molecular complexity index is 1420. The van der Waals surface area contributed by atoms with Crippen LogP contribution in [0.15, 0.2) is 60.7 Å². The van der Waals surface area contributed by atoms with Crippen molar-refractivity contribution in [3.8, 4) is 17.6 Å². The number of aryl methyl sites for hydroxylation is 1. The van der Waals surface area contributed by atoms with Gasteiger partial charge in [0.1, 0.15) is 11.9 Å². The highest BCUT2D eigenvalue weighted by molar-refractivity contribution is 6.32. The molecule has 0 aliphatic heterocycles. The van der Waals surface area contributed by atoms with Gasteiger partial charge in [-0.05, 0) is 60.5 Å². The monoisotopic (exact) mass is 472 g/mol. The molecule has 0 atom stereocenters. The van der Waals surface area contributed by atoms with E-state index in [4.69, 9.17) is 21.1 Å². The third-order valence-electron chi connectivity index (χ3n) is 4.98. The Balaban J connectivity index is 1.55. The lowest BCUT2D eigenvalue weighted by atomic mass is 10.1. The van der Waals surface area contributed by atoms with Crippen molar-refractivity contribution in [3.05, 3.63) is 82.6 Å². The van der Waals surface area contributed by atoms with Gasteiger partial charge in [-0.15, -0.1) is 0 Å². The first-order valence-corrected chi connectivity index (χ1v) is 10.8. The number of ether oxygens (including phenoxy) is 2. The summed E-state index contributed by atoms with van der Waals surface area (Å²) in [6.07, 6.45) is 1.66. The summed E-state index contributed by atoms with van der Waals surface area (Å²) in [7, 11) is 1.48. The van der Waals surface area contributed by atoms with E-state index in [9.17, 15) is 10.1 Å². The predicted octanol–water partition coefficient (Wildman–Crippen LogP) is 5.62. The van der Waals surface area contributed by atoms with Gasteiger partial charge in [0.15, 0.2) is 18.1 Å². The number of amides is 1. The molecule has 1 aromatic heterocycles. The Morgan fingerprint density at radius 2 is 2.00 bits per heavy atom. The summed E-state index contributed by atoms with van der Waals surface area (Å²) in [6, 6.07) is 20.4. The standard InChI is InChI=1S/C26H21ClN4O3/c1-16-8-9-21-22(10-16)31-26(30-21)18(14-28)11-17-12-20(27)25(23(13-17)33-2)34-15-24(32)29-19-6-4-3-5-7-19/h3-13H,15H2,1-2H3,(H,29,32)(H,30,31). The van der Waals surface area contributed by atoms with Crippen LogP contribution in [0, 0.1) is 18.3 Å². The van der Waals surface area contributed by atoms with E-state index in [0.717, 1.165) is 16.6 Å². The van der Waals surface area contributed by atoms with Gasteiger partial charge in [0.2, 0.25) is 0 Å². The Kier molecular flexibility index (Phi) is 6.81. The van der Waals surface area contributed by atoms with Crippen molar-refractivity contribution in [1.29, 1.82) is 5.26 Å². The molecule has 4 rings (SSSR count). The van der Waals surface area contributed by atoms with Crippen LogP contribution in [-0.4, -0.2) is 29.6 Å². The Labute approximate surface area is 201 Å². The maximum absolute atomic E-state index is 12.2. The van der Waals surface area contributed by atoms with Gasteiger partial charge < -0.3 is 19.8 Å². The van der Waals surface area contributed by atoms with Crippen LogP contribution in [0.5, 0.6) is 11.5 Å². The summed E-state index contributed by atoms with van der Waals surface area (Å²) in [5, 5.41) is 12.7. The van der Waals surface area contributed by atoms with Crippen LogP contribution in [-0.2, 0) is 4.79 Å². The molecular weight excluding hydrogens is 452 g/mol. The van der Waals surface area contributed by atoms with E-state index in [1.165, 1.54) is 7.11 Å². The highest BCUT2D eigenvalue weighted by Gasteiger charge is 2.15. The number of benzene rings is 3. The molecule has 0 saturated carbocycles. The van der Waals surface area contributed by atoms with E-state index >= 15 is 0 Å². The average molecular weight is 473 g/mol. The van der Waals surface area contributed by atoms with Gasteiger partial charge >= 0.3 is 0 Å². The number of hydrogen-bond donors (Lipinski definition) is 2.